The van der Waals surface area contributed by atoms with Crippen LogP contribution >= 0.6 is 0 Å². The van der Waals surface area contributed by atoms with E-state index in [1.807, 2.05) is 0 Å². The molecule has 0 aromatic rings. The first kappa shape index (κ1) is 3.81. The van der Waals surface area contributed by atoms with E-state index in [0.717, 1.165) is 13.0 Å². The van der Waals surface area contributed by atoms with Crippen LogP contribution in [0.25, 0.3) is 0 Å². The SMILES string of the molecule is OC1C=NCC1. The number of hydrogen-bond acceptors (Lipinski definition) is 2. The van der Waals surface area contributed by atoms with E-state index < -0.39 is 0 Å². The highest BCUT2D eigenvalue weighted by molar-refractivity contribution is 5.64. The highest BCUT2D eigenvalue weighted by Gasteiger charge is 2.02. The zero-order valence-electron chi connectivity index (χ0n) is 3.46. The topological polar surface area (TPSA) is 32.6 Å². The van der Waals surface area contributed by atoms with Crippen molar-refractivity contribution in [2.24, 2.45) is 4.99 Å². The third-order valence-electron chi connectivity index (χ3n) is 0.831. The first-order valence-electron chi connectivity index (χ1n) is 2.07. The lowest BCUT2D eigenvalue weighted by atomic mass is 10.3. The Morgan fingerprint density at radius 2 is 2.67 bits per heavy atom. The van der Waals surface area contributed by atoms with Crippen LogP contribution in [-0.4, -0.2) is 24.0 Å². The summed E-state index contributed by atoms with van der Waals surface area (Å²) in [6, 6.07) is 0. The summed E-state index contributed by atoms with van der Waals surface area (Å²) in [4.78, 5) is 3.79. The molecule has 0 amide bonds. The summed E-state index contributed by atoms with van der Waals surface area (Å²) in [6.45, 7) is 0.807. The molecule has 0 aliphatic carbocycles. The Bertz CT molecular complexity index is 69.9. The number of nitrogens with zero attached hydrogens (tertiary/aromatic N) is 1. The number of hydrogen-bond donors (Lipinski definition) is 1. The second-order valence-electron chi connectivity index (χ2n) is 1.41. The predicted molar refractivity (Wildman–Crippen MR) is 24.0 cm³/mol. The number of aliphatic hydroxyl groups excluding tert-OH is 1. The van der Waals surface area contributed by atoms with Crippen LogP contribution in [0.1, 0.15) is 6.42 Å². The van der Waals surface area contributed by atoms with Gasteiger partial charge in [-0.05, 0) is 6.42 Å². The number of aliphatic hydroxyl groups is 1. The van der Waals surface area contributed by atoms with Crippen LogP contribution in [0.2, 0.25) is 0 Å². The van der Waals surface area contributed by atoms with E-state index in [2.05, 4.69) is 4.99 Å². The highest BCUT2D eigenvalue weighted by atomic mass is 16.3. The van der Waals surface area contributed by atoms with Crippen molar-refractivity contribution in [3.8, 4) is 0 Å². The molecule has 2 heteroatoms. The molecule has 1 aliphatic heterocycles. The molecule has 2 nitrogen and oxygen atoms in total. The Balaban J connectivity index is 2.38. The first-order valence-corrected chi connectivity index (χ1v) is 2.07. The minimum absolute atomic E-state index is 0.245. The van der Waals surface area contributed by atoms with E-state index >= 15 is 0 Å². The fraction of sp³-hybridized carbons (Fsp3) is 0.750. The van der Waals surface area contributed by atoms with Crippen LogP contribution in [0, 0.1) is 0 Å². The second-order valence-corrected chi connectivity index (χ2v) is 1.41. The summed E-state index contributed by atoms with van der Waals surface area (Å²) in [5, 5.41) is 8.58. The van der Waals surface area contributed by atoms with Crippen LogP contribution in [0.5, 0.6) is 0 Å². The van der Waals surface area contributed by atoms with Crippen molar-refractivity contribution in [2.75, 3.05) is 6.54 Å². The molecule has 0 radical (unpaired) electrons. The van der Waals surface area contributed by atoms with Gasteiger partial charge in [-0.2, -0.15) is 0 Å². The largest absolute Gasteiger partial charge is 0.387 e. The Hall–Kier alpha value is -0.370. The summed E-state index contributed by atoms with van der Waals surface area (Å²) in [5.74, 6) is 0. The molecule has 1 N–H and O–H groups in total. The van der Waals surface area contributed by atoms with Gasteiger partial charge in [-0.25, -0.2) is 0 Å². The predicted octanol–water partition coefficient (Wildman–Crippen LogP) is -0.178. The zero-order valence-corrected chi connectivity index (χ0v) is 3.46. The van der Waals surface area contributed by atoms with Crippen LogP contribution in [-0.2, 0) is 0 Å². The molecule has 0 spiro atoms. The van der Waals surface area contributed by atoms with Crippen molar-refractivity contribution in [3.05, 3.63) is 0 Å². The Kier molecular flexibility index (Phi) is 0.881. The van der Waals surface area contributed by atoms with E-state index in [9.17, 15) is 0 Å². The monoisotopic (exact) mass is 85.1 g/mol. The van der Waals surface area contributed by atoms with E-state index in [4.69, 9.17) is 5.11 Å². The summed E-state index contributed by atoms with van der Waals surface area (Å²) >= 11 is 0. The summed E-state index contributed by atoms with van der Waals surface area (Å²) in [5.41, 5.74) is 0. The smallest absolute Gasteiger partial charge is 0.0904 e. The van der Waals surface area contributed by atoms with Gasteiger partial charge in [0.2, 0.25) is 0 Å². The van der Waals surface area contributed by atoms with E-state index in [-0.39, 0.29) is 6.10 Å². The Labute approximate surface area is 36.5 Å². The Morgan fingerprint density at radius 1 is 1.83 bits per heavy atom. The number of rotatable bonds is 0. The lowest BCUT2D eigenvalue weighted by Crippen LogP contribution is -2.00. The second kappa shape index (κ2) is 1.39. The van der Waals surface area contributed by atoms with Gasteiger partial charge >= 0.3 is 0 Å². The molecule has 0 aromatic heterocycles. The molecular formula is C4H7NO. The molecule has 0 saturated heterocycles. The lowest BCUT2D eigenvalue weighted by Gasteiger charge is -1.86. The van der Waals surface area contributed by atoms with Crippen LogP contribution in [0.4, 0.5) is 0 Å². The Morgan fingerprint density at radius 3 is 2.83 bits per heavy atom. The maximum absolute atomic E-state index is 8.58. The van der Waals surface area contributed by atoms with Gasteiger partial charge in [0.25, 0.3) is 0 Å². The zero-order chi connectivity index (χ0) is 4.41. The first-order chi connectivity index (χ1) is 2.89. The average molecular weight is 85.1 g/mol. The maximum Gasteiger partial charge on any atom is 0.0904 e. The fourth-order valence-corrected chi connectivity index (χ4v) is 0.478. The van der Waals surface area contributed by atoms with Gasteiger partial charge in [-0.1, -0.05) is 0 Å². The average Bonchev–Trinajstić information content (AvgIpc) is 1.86. The van der Waals surface area contributed by atoms with Crippen molar-refractivity contribution in [2.45, 2.75) is 12.5 Å². The van der Waals surface area contributed by atoms with Crippen LogP contribution in [0.15, 0.2) is 4.99 Å². The molecule has 1 aliphatic rings. The van der Waals surface area contributed by atoms with Gasteiger partial charge in [-0.15, -0.1) is 0 Å². The van der Waals surface area contributed by atoms with Gasteiger partial charge < -0.3 is 5.11 Å². The molecule has 1 atom stereocenters. The van der Waals surface area contributed by atoms with Gasteiger partial charge in [0.05, 0.1) is 6.10 Å². The molecule has 0 aromatic carbocycles. The highest BCUT2D eigenvalue weighted by Crippen LogP contribution is 1.94. The minimum atomic E-state index is -0.245. The van der Waals surface area contributed by atoms with Crippen molar-refractivity contribution in [3.63, 3.8) is 0 Å². The van der Waals surface area contributed by atoms with Gasteiger partial charge in [-0.3, -0.25) is 4.99 Å². The van der Waals surface area contributed by atoms with Crippen molar-refractivity contribution in [1.29, 1.82) is 0 Å². The fourth-order valence-electron chi connectivity index (χ4n) is 0.478. The van der Waals surface area contributed by atoms with Gasteiger partial charge in [0.1, 0.15) is 0 Å². The molecular weight excluding hydrogens is 78.0 g/mol. The third kappa shape index (κ3) is 0.571. The minimum Gasteiger partial charge on any atom is -0.387 e. The molecule has 1 rings (SSSR count). The van der Waals surface area contributed by atoms with Gasteiger partial charge in [0, 0.05) is 12.8 Å². The quantitative estimate of drug-likeness (QED) is 0.435. The van der Waals surface area contributed by atoms with Crippen molar-refractivity contribution >= 4 is 6.21 Å². The van der Waals surface area contributed by atoms with E-state index in [1.54, 1.807) is 6.21 Å². The molecule has 0 bridgehead atoms. The normalized spacial score (nSPS) is 31.8. The van der Waals surface area contributed by atoms with Gasteiger partial charge in [0.15, 0.2) is 0 Å². The standard InChI is InChI=1S/C4H7NO/c6-4-1-2-5-3-4/h3-4,6H,1-2H2. The molecule has 1 heterocycles. The van der Waals surface area contributed by atoms with E-state index in [1.165, 1.54) is 0 Å². The molecule has 34 valence electrons. The summed E-state index contributed by atoms with van der Waals surface area (Å²) in [6.07, 6.45) is 2.16. The van der Waals surface area contributed by atoms with Crippen LogP contribution in [0.3, 0.4) is 0 Å². The maximum atomic E-state index is 8.58. The lowest BCUT2D eigenvalue weighted by molar-refractivity contribution is 0.247. The van der Waals surface area contributed by atoms with Crippen LogP contribution < -0.4 is 0 Å². The van der Waals surface area contributed by atoms with Crippen molar-refractivity contribution in [1.82, 2.24) is 0 Å². The van der Waals surface area contributed by atoms with E-state index in [0.29, 0.717) is 0 Å². The molecule has 1 unspecified atom stereocenters. The van der Waals surface area contributed by atoms with Crippen molar-refractivity contribution < 1.29 is 5.11 Å². The third-order valence-corrected chi connectivity index (χ3v) is 0.831. The molecule has 0 fully saturated rings. The summed E-state index contributed by atoms with van der Waals surface area (Å²) in [7, 11) is 0. The summed E-state index contributed by atoms with van der Waals surface area (Å²) < 4.78 is 0. The molecule has 6 heavy (non-hydrogen) atoms. The molecule has 0 saturated carbocycles. The number of aliphatic imine (C=N–C) groups is 1.